The third-order valence-electron chi connectivity index (χ3n) is 1.98. The van der Waals surface area contributed by atoms with Gasteiger partial charge in [-0.25, -0.2) is 0 Å². The van der Waals surface area contributed by atoms with Gasteiger partial charge in [0.2, 0.25) is 0 Å². The zero-order valence-electron chi connectivity index (χ0n) is 6.23. The van der Waals surface area contributed by atoms with E-state index in [0.29, 0.717) is 0 Å². The van der Waals surface area contributed by atoms with Crippen LogP contribution in [-0.4, -0.2) is 11.2 Å². The summed E-state index contributed by atoms with van der Waals surface area (Å²) in [6.45, 7) is 2.08. The van der Waals surface area contributed by atoms with Crippen molar-refractivity contribution in [1.82, 2.24) is 0 Å². The molecule has 2 heteroatoms. The Kier molecular flexibility index (Phi) is 2.93. The second kappa shape index (κ2) is 3.54. The molecule has 1 aliphatic rings. The number of rotatable bonds is 0. The van der Waals surface area contributed by atoms with Crippen LogP contribution in [0.25, 0.3) is 0 Å². The molecule has 0 fully saturated rings. The van der Waals surface area contributed by atoms with Gasteiger partial charge in [0.1, 0.15) is 0 Å². The van der Waals surface area contributed by atoms with Crippen LogP contribution in [-0.2, 0) is 0 Å². The Labute approximate surface area is 70.3 Å². The zero-order chi connectivity index (χ0) is 7.56. The first-order chi connectivity index (χ1) is 4.72. The fourth-order valence-corrected chi connectivity index (χ4v) is 1.69. The Morgan fingerprint density at radius 3 is 2.90 bits per heavy atom. The van der Waals surface area contributed by atoms with Gasteiger partial charge in [0.25, 0.3) is 0 Å². The van der Waals surface area contributed by atoms with E-state index in [-0.39, 0.29) is 6.10 Å². The number of allylic oxidation sites excluding steroid dienone is 1. The van der Waals surface area contributed by atoms with E-state index in [4.69, 9.17) is 0 Å². The molecule has 58 valence electrons. The summed E-state index contributed by atoms with van der Waals surface area (Å²) in [5.41, 5.74) is 1.31. The quantitative estimate of drug-likeness (QED) is 0.644. The number of hydrogen-bond acceptors (Lipinski definition) is 1. The summed E-state index contributed by atoms with van der Waals surface area (Å²) < 4.78 is 1.02. The summed E-state index contributed by atoms with van der Waals surface area (Å²) in [4.78, 5) is 0. The van der Waals surface area contributed by atoms with Gasteiger partial charge in [0.05, 0.1) is 6.10 Å². The van der Waals surface area contributed by atoms with Gasteiger partial charge in [-0.1, -0.05) is 27.9 Å². The standard InChI is InChI=1S/C8H13BrO/c1-6-4-2-3-5-7(10)8(6)9/h7,10H,2-5H2,1H3/t7-/m1/s1. The van der Waals surface area contributed by atoms with Gasteiger partial charge >= 0.3 is 0 Å². The first kappa shape index (κ1) is 8.28. The van der Waals surface area contributed by atoms with Gasteiger partial charge in [-0.2, -0.15) is 0 Å². The van der Waals surface area contributed by atoms with Crippen molar-refractivity contribution in [2.45, 2.75) is 38.7 Å². The highest BCUT2D eigenvalue weighted by molar-refractivity contribution is 9.11. The average molecular weight is 205 g/mol. The third-order valence-corrected chi connectivity index (χ3v) is 3.18. The smallest absolute Gasteiger partial charge is 0.0854 e. The van der Waals surface area contributed by atoms with Crippen LogP contribution in [0, 0.1) is 0 Å². The van der Waals surface area contributed by atoms with E-state index >= 15 is 0 Å². The fourth-order valence-electron chi connectivity index (χ4n) is 1.26. The molecule has 1 aliphatic carbocycles. The molecular formula is C8H13BrO. The molecule has 1 nitrogen and oxygen atoms in total. The van der Waals surface area contributed by atoms with E-state index in [0.717, 1.165) is 23.7 Å². The van der Waals surface area contributed by atoms with Crippen molar-refractivity contribution in [3.05, 3.63) is 10.1 Å². The van der Waals surface area contributed by atoms with Crippen LogP contribution >= 0.6 is 15.9 Å². The maximum absolute atomic E-state index is 9.42. The summed E-state index contributed by atoms with van der Waals surface area (Å²) >= 11 is 3.40. The maximum Gasteiger partial charge on any atom is 0.0854 e. The monoisotopic (exact) mass is 204 g/mol. The van der Waals surface area contributed by atoms with Gasteiger partial charge in [0, 0.05) is 4.48 Å². The summed E-state index contributed by atoms with van der Waals surface area (Å²) in [6.07, 6.45) is 4.18. The molecule has 0 aromatic heterocycles. The molecule has 0 radical (unpaired) electrons. The van der Waals surface area contributed by atoms with Crippen molar-refractivity contribution in [2.75, 3.05) is 0 Å². The topological polar surface area (TPSA) is 20.2 Å². The molecule has 0 unspecified atom stereocenters. The van der Waals surface area contributed by atoms with Crippen LogP contribution in [0.2, 0.25) is 0 Å². The zero-order valence-corrected chi connectivity index (χ0v) is 7.82. The highest BCUT2D eigenvalue weighted by atomic mass is 79.9. The van der Waals surface area contributed by atoms with Crippen LogP contribution in [0.4, 0.5) is 0 Å². The molecule has 0 saturated heterocycles. The molecule has 0 aliphatic heterocycles. The molecule has 1 rings (SSSR count). The Morgan fingerprint density at radius 2 is 2.20 bits per heavy atom. The average Bonchev–Trinajstić information content (AvgIpc) is 2.04. The van der Waals surface area contributed by atoms with E-state index < -0.39 is 0 Å². The normalized spacial score (nSPS) is 28.5. The summed E-state index contributed by atoms with van der Waals surface area (Å²) in [7, 11) is 0. The lowest BCUT2D eigenvalue weighted by molar-refractivity contribution is 0.208. The lowest BCUT2D eigenvalue weighted by Crippen LogP contribution is -2.04. The van der Waals surface area contributed by atoms with Crippen LogP contribution in [0.5, 0.6) is 0 Å². The van der Waals surface area contributed by atoms with E-state index in [1.165, 1.54) is 12.0 Å². The second-order valence-corrected chi connectivity index (χ2v) is 3.74. The number of halogens is 1. The third kappa shape index (κ3) is 1.83. The first-order valence-corrected chi connectivity index (χ1v) is 4.54. The van der Waals surface area contributed by atoms with Crippen LogP contribution in [0.3, 0.4) is 0 Å². The lowest BCUT2D eigenvalue weighted by atomic mass is 10.2. The predicted octanol–water partition coefficient (Wildman–Crippen LogP) is 2.59. The van der Waals surface area contributed by atoms with Crippen molar-refractivity contribution >= 4 is 15.9 Å². The predicted molar refractivity (Wildman–Crippen MR) is 46.1 cm³/mol. The molecule has 1 atom stereocenters. The first-order valence-electron chi connectivity index (χ1n) is 3.75. The van der Waals surface area contributed by atoms with Gasteiger partial charge < -0.3 is 5.11 Å². The minimum Gasteiger partial charge on any atom is -0.388 e. The largest absolute Gasteiger partial charge is 0.388 e. The highest BCUT2D eigenvalue weighted by Crippen LogP contribution is 2.27. The fraction of sp³-hybridized carbons (Fsp3) is 0.750. The molecule has 0 aromatic carbocycles. The molecule has 0 heterocycles. The van der Waals surface area contributed by atoms with Crippen molar-refractivity contribution in [2.24, 2.45) is 0 Å². The summed E-state index contributed by atoms with van der Waals surface area (Å²) in [6, 6.07) is 0. The van der Waals surface area contributed by atoms with E-state index in [9.17, 15) is 5.11 Å². The van der Waals surface area contributed by atoms with Crippen LogP contribution < -0.4 is 0 Å². The Morgan fingerprint density at radius 1 is 1.50 bits per heavy atom. The van der Waals surface area contributed by atoms with E-state index in [1.54, 1.807) is 0 Å². The Bertz CT molecular complexity index is 151. The van der Waals surface area contributed by atoms with E-state index in [2.05, 4.69) is 22.9 Å². The van der Waals surface area contributed by atoms with Crippen molar-refractivity contribution in [3.8, 4) is 0 Å². The van der Waals surface area contributed by atoms with Crippen LogP contribution in [0.1, 0.15) is 32.6 Å². The molecule has 0 aromatic rings. The van der Waals surface area contributed by atoms with Crippen LogP contribution in [0.15, 0.2) is 10.1 Å². The van der Waals surface area contributed by atoms with Gasteiger partial charge in [-0.05, 0) is 26.2 Å². The molecule has 0 spiro atoms. The summed E-state index contributed by atoms with van der Waals surface area (Å²) in [5, 5.41) is 9.42. The lowest BCUT2D eigenvalue weighted by Gasteiger charge is -2.06. The number of aliphatic hydroxyl groups excluding tert-OH is 1. The minimum atomic E-state index is -0.234. The molecule has 0 saturated carbocycles. The van der Waals surface area contributed by atoms with Gasteiger partial charge in [0.15, 0.2) is 0 Å². The van der Waals surface area contributed by atoms with Gasteiger partial charge in [-0.15, -0.1) is 0 Å². The van der Waals surface area contributed by atoms with Crippen molar-refractivity contribution in [3.63, 3.8) is 0 Å². The molecule has 1 N–H and O–H groups in total. The van der Waals surface area contributed by atoms with Crippen molar-refractivity contribution in [1.29, 1.82) is 0 Å². The Hall–Kier alpha value is 0.180. The second-order valence-electron chi connectivity index (χ2n) is 2.89. The SMILES string of the molecule is CC1=C(Br)[C@H](O)CCCC1. The Balaban J connectivity index is 2.69. The number of hydrogen-bond donors (Lipinski definition) is 1. The molecule has 0 amide bonds. The number of aliphatic hydroxyl groups is 1. The molecule has 10 heavy (non-hydrogen) atoms. The molecule has 0 bridgehead atoms. The minimum absolute atomic E-state index is 0.234. The maximum atomic E-state index is 9.42. The van der Waals surface area contributed by atoms with Gasteiger partial charge in [-0.3, -0.25) is 0 Å². The van der Waals surface area contributed by atoms with Crippen molar-refractivity contribution < 1.29 is 5.11 Å². The molecular weight excluding hydrogens is 192 g/mol. The summed E-state index contributed by atoms with van der Waals surface area (Å²) in [5.74, 6) is 0. The van der Waals surface area contributed by atoms with E-state index in [1.807, 2.05) is 0 Å². The highest BCUT2D eigenvalue weighted by Gasteiger charge is 2.13.